The van der Waals surface area contributed by atoms with E-state index in [4.69, 9.17) is 11.0 Å². The summed E-state index contributed by atoms with van der Waals surface area (Å²) in [4.78, 5) is 11.1. The molecule has 1 rings (SSSR count). The molecule has 68 valence electrons. The molecule has 13 heavy (non-hydrogen) atoms. The van der Waals surface area contributed by atoms with Crippen LogP contribution in [0.3, 0.4) is 0 Å². The van der Waals surface area contributed by atoms with Gasteiger partial charge in [0.15, 0.2) is 0 Å². The van der Waals surface area contributed by atoms with Crippen molar-refractivity contribution in [1.29, 1.82) is 5.26 Å². The Labute approximate surface area is 80.0 Å². The number of hydrogen-bond donors (Lipinski definition) is 2. The van der Waals surface area contributed by atoms with Gasteiger partial charge in [-0.2, -0.15) is 5.26 Å². The number of hydrogen-bond acceptors (Lipinski definition) is 4. The molecule has 0 bridgehead atoms. The maximum absolute atomic E-state index is 11.1. The normalized spacial score (nSPS) is 9.23. The fraction of sp³-hybridized carbons (Fsp3) is 0.250. The number of rotatable bonds is 3. The first kappa shape index (κ1) is 9.71. The third-order valence-electron chi connectivity index (χ3n) is 1.41. The minimum Gasteiger partial charge on any atom is -0.330 e. The number of nitrogens with one attached hydrogen (secondary N) is 1. The van der Waals surface area contributed by atoms with Gasteiger partial charge in [-0.25, -0.2) is 0 Å². The molecule has 0 spiro atoms. The third-order valence-corrected chi connectivity index (χ3v) is 2.24. The van der Waals surface area contributed by atoms with E-state index in [2.05, 4.69) is 5.32 Å². The highest BCUT2D eigenvalue weighted by molar-refractivity contribution is 7.14. The Morgan fingerprint density at radius 2 is 2.54 bits per heavy atom. The highest BCUT2D eigenvalue weighted by atomic mass is 32.1. The first-order valence-electron chi connectivity index (χ1n) is 3.75. The standard InChI is InChI=1S/C8H9N3OS/c9-3-1-7(12)11-8-6(5-10)2-4-13-8/h2,4H,1,3,9H2,(H,11,12). The molecule has 1 aromatic heterocycles. The minimum atomic E-state index is -0.151. The highest BCUT2D eigenvalue weighted by Crippen LogP contribution is 2.21. The third kappa shape index (κ3) is 2.54. The second-order valence-corrected chi connectivity index (χ2v) is 3.28. The molecule has 1 amide bonds. The van der Waals surface area contributed by atoms with Crippen molar-refractivity contribution in [3.63, 3.8) is 0 Å². The van der Waals surface area contributed by atoms with Crippen LogP contribution in [0, 0.1) is 11.3 Å². The van der Waals surface area contributed by atoms with Crippen molar-refractivity contribution in [3.05, 3.63) is 17.0 Å². The number of carbonyl (C=O) groups is 1. The van der Waals surface area contributed by atoms with E-state index in [1.54, 1.807) is 11.4 Å². The summed E-state index contributed by atoms with van der Waals surface area (Å²) >= 11 is 1.33. The smallest absolute Gasteiger partial charge is 0.226 e. The summed E-state index contributed by atoms with van der Waals surface area (Å²) in [5.74, 6) is -0.151. The van der Waals surface area contributed by atoms with E-state index < -0.39 is 0 Å². The second-order valence-electron chi connectivity index (χ2n) is 2.36. The molecule has 5 heteroatoms. The van der Waals surface area contributed by atoms with Crippen LogP contribution in [-0.4, -0.2) is 12.5 Å². The summed E-state index contributed by atoms with van der Waals surface area (Å²) in [6, 6.07) is 3.66. The van der Waals surface area contributed by atoms with Gasteiger partial charge >= 0.3 is 0 Å². The van der Waals surface area contributed by atoms with Crippen molar-refractivity contribution in [3.8, 4) is 6.07 Å². The predicted octanol–water partition coefficient (Wildman–Crippen LogP) is 0.907. The van der Waals surface area contributed by atoms with Gasteiger partial charge in [0.1, 0.15) is 11.1 Å². The molecule has 0 aromatic carbocycles. The first-order chi connectivity index (χ1) is 6.27. The van der Waals surface area contributed by atoms with Crippen LogP contribution in [-0.2, 0) is 4.79 Å². The number of thiophene rings is 1. The van der Waals surface area contributed by atoms with Crippen molar-refractivity contribution in [1.82, 2.24) is 0 Å². The number of nitriles is 1. The van der Waals surface area contributed by atoms with Crippen molar-refractivity contribution in [2.24, 2.45) is 5.73 Å². The molecule has 0 radical (unpaired) electrons. The number of nitrogens with zero attached hydrogens (tertiary/aromatic N) is 1. The fourth-order valence-corrected chi connectivity index (χ4v) is 1.57. The Kier molecular flexibility index (Phi) is 3.43. The zero-order chi connectivity index (χ0) is 9.68. The quantitative estimate of drug-likeness (QED) is 0.752. The monoisotopic (exact) mass is 195 g/mol. The average molecular weight is 195 g/mol. The molecule has 0 aliphatic rings. The maximum Gasteiger partial charge on any atom is 0.226 e. The second kappa shape index (κ2) is 4.60. The van der Waals surface area contributed by atoms with Gasteiger partial charge in [0.25, 0.3) is 0 Å². The van der Waals surface area contributed by atoms with Crippen LogP contribution in [0.2, 0.25) is 0 Å². The first-order valence-corrected chi connectivity index (χ1v) is 4.63. The Hall–Kier alpha value is -1.38. The largest absolute Gasteiger partial charge is 0.330 e. The molecule has 0 unspecified atom stereocenters. The summed E-state index contributed by atoms with van der Waals surface area (Å²) in [7, 11) is 0. The summed E-state index contributed by atoms with van der Waals surface area (Å²) in [6.07, 6.45) is 0.281. The van der Waals surface area contributed by atoms with E-state index in [1.807, 2.05) is 6.07 Å². The van der Waals surface area contributed by atoms with Crippen LogP contribution in [0.15, 0.2) is 11.4 Å². The van der Waals surface area contributed by atoms with E-state index in [1.165, 1.54) is 11.3 Å². The molecular formula is C8H9N3OS. The number of anilines is 1. The van der Waals surface area contributed by atoms with E-state index in [-0.39, 0.29) is 12.3 Å². The van der Waals surface area contributed by atoms with Gasteiger partial charge in [0, 0.05) is 13.0 Å². The molecule has 0 fully saturated rings. The highest BCUT2D eigenvalue weighted by Gasteiger charge is 2.06. The molecule has 4 nitrogen and oxygen atoms in total. The molecule has 0 saturated carbocycles. The van der Waals surface area contributed by atoms with Gasteiger partial charge in [0.05, 0.1) is 5.56 Å². The SMILES string of the molecule is N#Cc1ccsc1NC(=O)CCN. The van der Waals surface area contributed by atoms with Gasteiger partial charge < -0.3 is 11.1 Å². The van der Waals surface area contributed by atoms with E-state index in [0.29, 0.717) is 17.1 Å². The molecular weight excluding hydrogens is 186 g/mol. The average Bonchev–Trinajstić information content (AvgIpc) is 2.52. The van der Waals surface area contributed by atoms with Crippen molar-refractivity contribution >= 4 is 22.2 Å². The Morgan fingerprint density at radius 1 is 1.77 bits per heavy atom. The van der Waals surface area contributed by atoms with E-state index in [0.717, 1.165) is 0 Å². The zero-order valence-corrected chi connectivity index (χ0v) is 7.73. The topological polar surface area (TPSA) is 78.9 Å². The van der Waals surface area contributed by atoms with Gasteiger partial charge in [0.2, 0.25) is 5.91 Å². The molecule has 0 aliphatic carbocycles. The fourth-order valence-electron chi connectivity index (χ4n) is 0.814. The zero-order valence-electron chi connectivity index (χ0n) is 6.91. The summed E-state index contributed by atoms with van der Waals surface area (Å²) in [6.45, 7) is 0.319. The van der Waals surface area contributed by atoms with Crippen LogP contribution < -0.4 is 11.1 Å². The predicted molar refractivity (Wildman–Crippen MR) is 51.3 cm³/mol. The molecule has 1 heterocycles. The van der Waals surface area contributed by atoms with Gasteiger partial charge in [-0.1, -0.05) is 0 Å². The molecule has 0 saturated heterocycles. The van der Waals surface area contributed by atoms with Crippen molar-refractivity contribution in [2.75, 3.05) is 11.9 Å². The Balaban J connectivity index is 2.64. The summed E-state index contributed by atoms with van der Waals surface area (Å²) in [5, 5.41) is 13.6. The van der Waals surface area contributed by atoms with Gasteiger partial charge in [-0.05, 0) is 11.4 Å². The maximum atomic E-state index is 11.1. The summed E-state index contributed by atoms with van der Waals surface area (Å²) in [5.41, 5.74) is 5.70. The van der Waals surface area contributed by atoms with Crippen LogP contribution >= 0.6 is 11.3 Å². The van der Waals surface area contributed by atoms with E-state index in [9.17, 15) is 4.79 Å². The van der Waals surface area contributed by atoms with Crippen LogP contribution in [0.25, 0.3) is 0 Å². The lowest BCUT2D eigenvalue weighted by molar-refractivity contribution is -0.116. The minimum absolute atomic E-state index is 0.151. The molecule has 0 atom stereocenters. The lowest BCUT2D eigenvalue weighted by Gasteiger charge is -2.00. The number of carbonyl (C=O) groups excluding carboxylic acids is 1. The van der Waals surface area contributed by atoms with Crippen molar-refractivity contribution < 1.29 is 4.79 Å². The lowest BCUT2D eigenvalue weighted by Crippen LogP contribution is -2.15. The van der Waals surface area contributed by atoms with Gasteiger partial charge in [-0.15, -0.1) is 11.3 Å². The summed E-state index contributed by atoms with van der Waals surface area (Å²) < 4.78 is 0. The molecule has 0 aliphatic heterocycles. The lowest BCUT2D eigenvalue weighted by atomic mass is 10.3. The van der Waals surface area contributed by atoms with Crippen LogP contribution in [0.5, 0.6) is 0 Å². The van der Waals surface area contributed by atoms with E-state index >= 15 is 0 Å². The Bertz CT molecular complexity index is 339. The number of amides is 1. The van der Waals surface area contributed by atoms with Crippen LogP contribution in [0.4, 0.5) is 5.00 Å². The van der Waals surface area contributed by atoms with Crippen LogP contribution in [0.1, 0.15) is 12.0 Å². The van der Waals surface area contributed by atoms with Crippen molar-refractivity contribution in [2.45, 2.75) is 6.42 Å². The van der Waals surface area contributed by atoms with Gasteiger partial charge in [-0.3, -0.25) is 4.79 Å². The number of nitrogens with two attached hydrogens (primary N) is 1. The molecule has 3 N–H and O–H groups in total. The molecule has 1 aromatic rings. The Morgan fingerprint density at radius 3 is 3.15 bits per heavy atom.